The lowest BCUT2D eigenvalue weighted by Crippen LogP contribution is -2.39. The summed E-state index contributed by atoms with van der Waals surface area (Å²) in [7, 11) is -2.31. The molecule has 30 heavy (non-hydrogen) atoms. The zero-order valence-corrected chi connectivity index (χ0v) is 18.6. The van der Waals surface area contributed by atoms with Crippen LogP contribution < -0.4 is 14.8 Å². The molecular weight excluding hydrogens is 400 g/mol. The van der Waals surface area contributed by atoms with Crippen molar-refractivity contribution in [2.24, 2.45) is 5.92 Å². The van der Waals surface area contributed by atoms with Gasteiger partial charge >= 0.3 is 0 Å². The van der Waals surface area contributed by atoms with Gasteiger partial charge in [0.1, 0.15) is 5.75 Å². The largest absolute Gasteiger partial charge is 0.497 e. The van der Waals surface area contributed by atoms with E-state index in [4.69, 9.17) is 4.74 Å². The molecule has 2 aromatic rings. The number of amides is 1. The minimum Gasteiger partial charge on any atom is -0.497 e. The average Bonchev–Trinajstić information content (AvgIpc) is 2.74. The zero-order valence-electron chi connectivity index (χ0n) is 17.8. The lowest BCUT2D eigenvalue weighted by molar-refractivity contribution is 0.0920. The van der Waals surface area contributed by atoms with Gasteiger partial charge in [-0.3, -0.25) is 9.52 Å². The van der Waals surface area contributed by atoms with Crippen LogP contribution in [0.5, 0.6) is 5.75 Å². The number of hydrogen-bond acceptors (Lipinski definition) is 4. The lowest BCUT2D eigenvalue weighted by Gasteiger charge is -2.28. The van der Waals surface area contributed by atoms with Gasteiger partial charge < -0.3 is 10.1 Å². The third-order valence-electron chi connectivity index (χ3n) is 5.76. The predicted octanol–water partition coefficient (Wildman–Crippen LogP) is 4.50. The summed E-state index contributed by atoms with van der Waals surface area (Å²) in [6.45, 7) is 3.91. The fourth-order valence-electron chi connectivity index (χ4n) is 3.88. The Balaban J connectivity index is 1.84. The maximum absolute atomic E-state index is 13.1. The molecule has 1 aliphatic rings. The monoisotopic (exact) mass is 430 g/mol. The number of hydrogen-bond donors (Lipinski definition) is 2. The SMILES string of the molecule is COc1ccc(NS(=O)(=O)c2ccc(C)cc2)c(C(=O)N[C@@H](C)C2CCCCC2)c1. The molecule has 162 valence electrons. The van der Waals surface area contributed by atoms with E-state index < -0.39 is 10.0 Å². The molecule has 1 saturated carbocycles. The van der Waals surface area contributed by atoms with E-state index in [9.17, 15) is 13.2 Å². The Morgan fingerprint density at radius 1 is 1.07 bits per heavy atom. The molecule has 3 rings (SSSR count). The molecule has 0 spiro atoms. The van der Waals surface area contributed by atoms with E-state index in [0.717, 1.165) is 18.4 Å². The van der Waals surface area contributed by atoms with Crippen LogP contribution in [0.2, 0.25) is 0 Å². The maximum Gasteiger partial charge on any atom is 0.261 e. The first kappa shape index (κ1) is 22.2. The van der Waals surface area contributed by atoms with Crippen molar-refractivity contribution in [2.75, 3.05) is 11.8 Å². The second-order valence-corrected chi connectivity index (χ2v) is 9.67. The van der Waals surface area contributed by atoms with Crippen LogP contribution >= 0.6 is 0 Å². The Morgan fingerprint density at radius 2 is 1.73 bits per heavy atom. The molecule has 0 unspecified atom stereocenters. The van der Waals surface area contributed by atoms with Gasteiger partial charge in [-0.15, -0.1) is 0 Å². The van der Waals surface area contributed by atoms with Gasteiger partial charge in [0, 0.05) is 6.04 Å². The first-order chi connectivity index (χ1) is 14.3. The first-order valence-electron chi connectivity index (χ1n) is 10.4. The minimum atomic E-state index is -3.83. The highest BCUT2D eigenvalue weighted by atomic mass is 32.2. The van der Waals surface area contributed by atoms with Crippen molar-refractivity contribution in [1.82, 2.24) is 5.32 Å². The molecule has 2 N–H and O–H groups in total. The first-order valence-corrected chi connectivity index (χ1v) is 11.9. The van der Waals surface area contributed by atoms with Crippen LogP contribution in [0.1, 0.15) is 54.9 Å². The van der Waals surface area contributed by atoms with E-state index in [1.807, 2.05) is 13.8 Å². The predicted molar refractivity (Wildman–Crippen MR) is 118 cm³/mol. The number of anilines is 1. The van der Waals surface area contributed by atoms with Gasteiger partial charge in [-0.1, -0.05) is 37.0 Å². The smallest absolute Gasteiger partial charge is 0.261 e. The molecule has 0 bridgehead atoms. The van der Waals surface area contributed by atoms with E-state index in [2.05, 4.69) is 10.0 Å². The summed E-state index contributed by atoms with van der Waals surface area (Å²) in [5.41, 5.74) is 1.44. The van der Waals surface area contributed by atoms with Crippen molar-refractivity contribution < 1.29 is 17.9 Å². The quantitative estimate of drug-likeness (QED) is 0.677. The molecule has 0 radical (unpaired) electrons. The van der Waals surface area contributed by atoms with Gasteiger partial charge in [-0.2, -0.15) is 0 Å². The van der Waals surface area contributed by atoms with Crippen molar-refractivity contribution in [1.29, 1.82) is 0 Å². The lowest BCUT2D eigenvalue weighted by atomic mass is 9.84. The molecule has 1 aliphatic carbocycles. The molecular formula is C23H30N2O4S. The van der Waals surface area contributed by atoms with E-state index >= 15 is 0 Å². The fourth-order valence-corrected chi connectivity index (χ4v) is 4.96. The highest BCUT2D eigenvalue weighted by molar-refractivity contribution is 7.92. The topological polar surface area (TPSA) is 84.5 Å². The second kappa shape index (κ2) is 9.51. The third-order valence-corrected chi connectivity index (χ3v) is 7.14. The number of carbonyl (C=O) groups is 1. The number of ether oxygens (including phenoxy) is 1. The summed E-state index contributed by atoms with van der Waals surface area (Å²) in [5, 5.41) is 3.06. The van der Waals surface area contributed by atoms with Crippen molar-refractivity contribution in [2.45, 2.75) is 56.9 Å². The summed E-state index contributed by atoms with van der Waals surface area (Å²) >= 11 is 0. The van der Waals surface area contributed by atoms with Gasteiger partial charge in [0.25, 0.3) is 15.9 Å². The van der Waals surface area contributed by atoms with Crippen LogP contribution in [-0.4, -0.2) is 27.5 Å². The normalized spacial score (nSPS) is 16.0. The number of carbonyl (C=O) groups excluding carboxylic acids is 1. The number of rotatable bonds is 7. The maximum atomic E-state index is 13.1. The number of sulfonamides is 1. The molecule has 0 heterocycles. The summed E-state index contributed by atoms with van der Waals surface area (Å²) in [6, 6.07) is 11.3. The molecule has 0 aliphatic heterocycles. The van der Waals surface area contributed by atoms with E-state index in [-0.39, 0.29) is 28.1 Å². The van der Waals surface area contributed by atoms with Gasteiger partial charge in [-0.05, 0) is 62.9 Å². The van der Waals surface area contributed by atoms with Gasteiger partial charge in [-0.25, -0.2) is 8.42 Å². The summed E-state index contributed by atoms with van der Waals surface area (Å²) in [6.07, 6.45) is 5.83. The second-order valence-electron chi connectivity index (χ2n) is 7.99. The Hall–Kier alpha value is -2.54. The van der Waals surface area contributed by atoms with Crippen molar-refractivity contribution in [3.05, 3.63) is 53.6 Å². The average molecular weight is 431 g/mol. The summed E-state index contributed by atoms with van der Waals surface area (Å²) < 4.78 is 33.5. The standard InChI is InChI=1S/C23H30N2O4S/c1-16-9-12-20(13-10-16)30(27,28)25-22-14-11-19(29-3)15-21(22)23(26)24-17(2)18-7-5-4-6-8-18/h9-15,17-18,25H,4-8H2,1-3H3,(H,24,26)/t17-/m0/s1. The third kappa shape index (κ3) is 5.33. The molecule has 2 aromatic carbocycles. The molecule has 6 nitrogen and oxygen atoms in total. The molecule has 1 fully saturated rings. The van der Waals surface area contributed by atoms with Crippen molar-refractivity contribution in [3.8, 4) is 5.75 Å². The summed E-state index contributed by atoms with van der Waals surface area (Å²) in [5.74, 6) is 0.623. The Kier molecular flexibility index (Phi) is 7.02. The van der Waals surface area contributed by atoms with E-state index in [1.54, 1.807) is 42.5 Å². The Labute approximate surface area is 179 Å². The Morgan fingerprint density at radius 3 is 2.37 bits per heavy atom. The highest BCUT2D eigenvalue weighted by Gasteiger charge is 2.24. The Bertz CT molecular complexity index is 981. The van der Waals surface area contributed by atoms with Crippen LogP contribution in [0.15, 0.2) is 47.4 Å². The van der Waals surface area contributed by atoms with Crippen LogP contribution in [0, 0.1) is 12.8 Å². The van der Waals surface area contributed by atoms with Crippen LogP contribution in [0.4, 0.5) is 5.69 Å². The van der Waals surface area contributed by atoms with Gasteiger partial charge in [0.2, 0.25) is 0 Å². The van der Waals surface area contributed by atoms with Crippen molar-refractivity contribution in [3.63, 3.8) is 0 Å². The van der Waals surface area contributed by atoms with Crippen LogP contribution in [0.25, 0.3) is 0 Å². The molecule has 0 aromatic heterocycles. The molecule has 0 saturated heterocycles. The minimum absolute atomic E-state index is 0.0190. The van der Waals surface area contributed by atoms with Gasteiger partial charge in [0.05, 0.1) is 23.3 Å². The fraction of sp³-hybridized carbons (Fsp3) is 0.435. The van der Waals surface area contributed by atoms with E-state index in [1.165, 1.54) is 26.4 Å². The number of aryl methyl sites for hydroxylation is 1. The van der Waals surface area contributed by atoms with Crippen LogP contribution in [0.3, 0.4) is 0 Å². The van der Waals surface area contributed by atoms with Crippen LogP contribution in [-0.2, 0) is 10.0 Å². The van der Waals surface area contributed by atoms with Crippen molar-refractivity contribution >= 4 is 21.6 Å². The summed E-state index contributed by atoms with van der Waals surface area (Å²) in [4.78, 5) is 13.2. The van der Waals surface area contributed by atoms with Gasteiger partial charge in [0.15, 0.2) is 0 Å². The molecule has 1 atom stereocenters. The van der Waals surface area contributed by atoms with E-state index in [0.29, 0.717) is 11.7 Å². The molecule has 7 heteroatoms. The number of benzene rings is 2. The number of methoxy groups -OCH3 is 1. The molecule has 1 amide bonds. The number of nitrogens with one attached hydrogen (secondary N) is 2. The zero-order chi connectivity index (χ0) is 21.7. The highest BCUT2D eigenvalue weighted by Crippen LogP contribution is 2.28.